The molecule has 0 radical (unpaired) electrons. The van der Waals surface area contributed by atoms with Gasteiger partial charge in [0.1, 0.15) is 0 Å². The number of hydrazine groups is 1. The van der Waals surface area contributed by atoms with E-state index in [2.05, 4.69) is 10.5 Å². The van der Waals surface area contributed by atoms with Gasteiger partial charge in [0.15, 0.2) is 5.69 Å². The molecule has 0 saturated carbocycles. The number of aromatic nitrogens is 2. The first-order valence-corrected chi connectivity index (χ1v) is 7.85. The van der Waals surface area contributed by atoms with Crippen LogP contribution in [0.3, 0.4) is 0 Å². The number of aryl methyl sites for hydroxylation is 1. The zero-order valence-electron chi connectivity index (χ0n) is 13.2. The summed E-state index contributed by atoms with van der Waals surface area (Å²) in [6.45, 7) is 2.56. The highest BCUT2D eigenvalue weighted by atomic mass is 35.5. The van der Waals surface area contributed by atoms with Crippen LogP contribution in [0.15, 0.2) is 54.6 Å². The third-order valence-corrected chi connectivity index (χ3v) is 3.99. The Morgan fingerprint density at radius 1 is 1.17 bits per heavy atom. The van der Waals surface area contributed by atoms with Gasteiger partial charge in [0.2, 0.25) is 0 Å². The van der Waals surface area contributed by atoms with Crippen molar-refractivity contribution in [3.8, 4) is 11.3 Å². The number of carbonyl (C=O) groups excluding carboxylic acids is 1. The number of hydrogen-bond acceptors (Lipinski definition) is 3. The highest BCUT2D eigenvalue weighted by molar-refractivity contribution is 6.30. The molecule has 122 valence electrons. The number of halogens is 1. The van der Waals surface area contributed by atoms with Crippen LogP contribution in [0, 0.1) is 6.92 Å². The van der Waals surface area contributed by atoms with Gasteiger partial charge in [0, 0.05) is 5.02 Å². The quantitative estimate of drug-likeness (QED) is 0.435. The molecule has 1 aromatic heterocycles. The first-order valence-electron chi connectivity index (χ1n) is 7.47. The first kappa shape index (κ1) is 16.2. The van der Waals surface area contributed by atoms with E-state index in [-0.39, 0.29) is 5.69 Å². The minimum Gasteiger partial charge on any atom is -0.289 e. The van der Waals surface area contributed by atoms with E-state index in [1.165, 1.54) is 5.56 Å². The van der Waals surface area contributed by atoms with Gasteiger partial charge in [-0.15, -0.1) is 0 Å². The Morgan fingerprint density at radius 2 is 1.83 bits per heavy atom. The fourth-order valence-electron chi connectivity index (χ4n) is 2.44. The van der Waals surface area contributed by atoms with Crippen LogP contribution in [0.4, 0.5) is 0 Å². The van der Waals surface area contributed by atoms with Crippen LogP contribution in [0.2, 0.25) is 5.02 Å². The molecule has 5 nitrogen and oxygen atoms in total. The molecule has 6 heteroatoms. The molecule has 2 aromatic carbocycles. The summed E-state index contributed by atoms with van der Waals surface area (Å²) >= 11 is 5.93. The number of benzene rings is 2. The summed E-state index contributed by atoms with van der Waals surface area (Å²) in [5.74, 6) is 4.81. The van der Waals surface area contributed by atoms with Crippen molar-refractivity contribution in [2.24, 2.45) is 5.84 Å². The summed E-state index contributed by atoms with van der Waals surface area (Å²) in [4.78, 5) is 11.8. The lowest BCUT2D eigenvalue weighted by molar-refractivity contribution is 0.0948. The Morgan fingerprint density at radius 3 is 2.46 bits per heavy atom. The third kappa shape index (κ3) is 3.48. The average Bonchev–Trinajstić information content (AvgIpc) is 3.01. The lowest BCUT2D eigenvalue weighted by Crippen LogP contribution is -2.30. The predicted molar refractivity (Wildman–Crippen MR) is 94.6 cm³/mol. The maximum Gasteiger partial charge on any atom is 0.285 e. The maximum absolute atomic E-state index is 11.8. The lowest BCUT2D eigenvalue weighted by atomic mass is 10.1. The number of carbonyl (C=O) groups is 1. The van der Waals surface area contributed by atoms with E-state index in [1.54, 1.807) is 10.7 Å². The molecule has 3 N–H and O–H groups in total. The van der Waals surface area contributed by atoms with Crippen molar-refractivity contribution in [3.05, 3.63) is 76.4 Å². The van der Waals surface area contributed by atoms with Crippen molar-refractivity contribution < 1.29 is 4.79 Å². The average molecular weight is 341 g/mol. The Kier molecular flexibility index (Phi) is 4.64. The van der Waals surface area contributed by atoms with Crippen LogP contribution in [0.1, 0.15) is 21.6 Å². The minimum absolute atomic E-state index is 0.280. The van der Waals surface area contributed by atoms with Crippen LogP contribution in [0.25, 0.3) is 11.3 Å². The van der Waals surface area contributed by atoms with Crippen molar-refractivity contribution in [2.75, 3.05) is 0 Å². The molecule has 24 heavy (non-hydrogen) atoms. The number of nitrogens with two attached hydrogens (primary N) is 1. The van der Waals surface area contributed by atoms with E-state index in [0.29, 0.717) is 11.6 Å². The highest BCUT2D eigenvalue weighted by Gasteiger charge is 2.15. The summed E-state index contributed by atoms with van der Waals surface area (Å²) < 4.78 is 1.79. The Bertz CT molecular complexity index is 854. The zero-order valence-corrected chi connectivity index (χ0v) is 13.9. The van der Waals surface area contributed by atoms with Crippen molar-refractivity contribution in [2.45, 2.75) is 13.5 Å². The van der Waals surface area contributed by atoms with E-state index in [1.807, 2.05) is 55.5 Å². The summed E-state index contributed by atoms with van der Waals surface area (Å²) in [5, 5.41) is 5.07. The Hall–Kier alpha value is -2.63. The van der Waals surface area contributed by atoms with Gasteiger partial charge in [-0.2, -0.15) is 5.10 Å². The molecule has 3 aromatic rings. The maximum atomic E-state index is 11.8. The van der Waals surface area contributed by atoms with Crippen LogP contribution in [-0.2, 0) is 6.54 Å². The number of nitrogen functional groups attached to an aromatic ring is 1. The van der Waals surface area contributed by atoms with Crippen LogP contribution in [0.5, 0.6) is 0 Å². The molecule has 0 saturated heterocycles. The second-order valence-electron chi connectivity index (χ2n) is 5.54. The first-order chi connectivity index (χ1) is 11.6. The van der Waals surface area contributed by atoms with Crippen LogP contribution in [-0.4, -0.2) is 15.7 Å². The molecule has 1 heterocycles. The van der Waals surface area contributed by atoms with Gasteiger partial charge >= 0.3 is 0 Å². The molecule has 1 amide bonds. The fraction of sp³-hybridized carbons (Fsp3) is 0.111. The molecule has 3 rings (SSSR count). The van der Waals surface area contributed by atoms with Gasteiger partial charge < -0.3 is 0 Å². The number of rotatable bonds is 4. The number of nitrogens with zero attached hydrogens (tertiary/aromatic N) is 2. The summed E-state index contributed by atoms with van der Waals surface area (Å²) in [7, 11) is 0. The van der Waals surface area contributed by atoms with E-state index >= 15 is 0 Å². The third-order valence-electron chi connectivity index (χ3n) is 3.74. The summed E-state index contributed by atoms with van der Waals surface area (Å²) in [6, 6.07) is 17.3. The van der Waals surface area contributed by atoms with Gasteiger partial charge in [-0.1, -0.05) is 53.6 Å². The normalized spacial score (nSPS) is 10.6. The van der Waals surface area contributed by atoms with E-state index in [9.17, 15) is 4.79 Å². The second kappa shape index (κ2) is 6.86. The van der Waals surface area contributed by atoms with E-state index in [4.69, 9.17) is 17.4 Å². The largest absolute Gasteiger partial charge is 0.289 e. The van der Waals surface area contributed by atoms with Crippen molar-refractivity contribution in [1.29, 1.82) is 0 Å². The van der Waals surface area contributed by atoms with Crippen LogP contribution < -0.4 is 11.3 Å². The summed E-state index contributed by atoms with van der Waals surface area (Å²) in [6.07, 6.45) is 0. The van der Waals surface area contributed by atoms with E-state index < -0.39 is 5.91 Å². The summed E-state index contributed by atoms with van der Waals surface area (Å²) in [5.41, 5.74) is 6.44. The smallest absolute Gasteiger partial charge is 0.285 e. The number of nitrogens with one attached hydrogen (secondary N) is 1. The van der Waals surface area contributed by atoms with Gasteiger partial charge in [-0.25, -0.2) is 5.84 Å². The number of amides is 1. The van der Waals surface area contributed by atoms with Gasteiger partial charge in [-0.3, -0.25) is 14.9 Å². The van der Waals surface area contributed by atoms with Crippen molar-refractivity contribution >= 4 is 17.5 Å². The monoisotopic (exact) mass is 340 g/mol. The number of hydrogen-bond donors (Lipinski definition) is 2. The molecule has 0 fully saturated rings. The topological polar surface area (TPSA) is 72.9 Å². The standard InChI is InChI=1S/C18H17ClN4O/c1-12-2-6-14(7-3-12)17-10-16(18(24)21-20)22-23(17)11-13-4-8-15(19)9-5-13/h2-10H,11,20H2,1H3,(H,21,24). The molecule has 0 aliphatic rings. The molecule has 0 unspecified atom stereocenters. The van der Waals surface area contributed by atoms with Gasteiger partial charge in [0.25, 0.3) is 5.91 Å². The Balaban J connectivity index is 2.02. The Labute approximate surface area is 145 Å². The molecule has 0 bridgehead atoms. The molecule has 0 aliphatic heterocycles. The lowest BCUT2D eigenvalue weighted by Gasteiger charge is -2.08. The van der Waals surface area contributed by atoms with Crippen molar-refractivity contribution in [1.82, 2.24) is 15.2 Å². The molecular formula is C18H17ClN4O. The van der Waals surface area contributed by atoms with Gasteiger partial charge in [-0.05, 0) is 36.2 Å². The minimum atomic E-state index is -0.418. The SMILES string of the molecule is Cc1ccc(-c2cc(C(=O)NN)nn2Cc2ccc(Cl)cc2)cc1. The molecular weight excluding hydrogens is 324 g/mol. The van der Waals surface area contributed by atoms with Crippen molar-refractivity contribution in [3.63, 3.8) is 0 Å². The van der Waals surface area contributed by atoms with E-state index in [0.717, 1.165) is 16.8 Å². The molecule has 0 atom stereocenters. The van der Waals surface area contributed by atoms with Crippen LogP contribution >= 0.6 is 11.6 Å². The molecule has 0 aliphatic carbocycles. The fourth-order valence-corrected chi connectivity index (χ4v) is 2.57. The second-order valence-corrected chi connectivity index (χ2v) is 5.97. The predicted octanol–water partition coefficient (Wildman–Crippen LogP) is 3.16. The highest BCUT2D eigenvalue weighted by Crippen LogP contribution is 2.22. The zero-order chi connectivity index (χ0) is 17.1. The molecule has 0 spiro atoms. The van der Waals surface area contributed by atoms with Gasteiger partial charge in [0.05, 0.1) is 12.2 Å².